The molecule has 0 bridgehead atoms. The maximum absolute atomic E-state index is 12.5. The molecule has 2 aromatic rings. The van der Waals surface area contributed by atoms with Gasteiger partial charge in [-0.2, -0.15) is 0 Å². The zero-order valence-corrected chi connectivity index (χ0v) is 16.0. The third kappa shape index (κ3) is 4.52. The zero-order chi connectivity index (χ0) is 19.4. The summed E-state index contributed by atoms with van der Waals surface area (Å²) in [6, 6.07) is 10.7. The van der Waals surface area contributed by atoms with Crippen LogP contribution in [0.15, 0.2) is 36.4 Å². The zero-order valence-electron chi connectivity index (χ0n) is 15.3. The van der Waals surface area contributed by atoms with Crippen molar-refractivity contribution < 1.29 is 19.1 Å². The van der Waals surface area contributed by atoms with Crippen molar-refractivity contribution in [2.45, 2.75) is 19.4 Å². The predicted molar refractivity (Wildman–Crippen MR) is 103 cm³/mol. The summed E-state index contributed by atoms with van der Waals surface area (Å²) in [7, 11) is 3.18. The molecule has 2 aromatic carbocycles. The topological polar surface area (TPSA) is 67.9 Å². The highest BCUT2D eigenvalue weighted by Gasteiger charge is 2.24. The molecule has 1 aliphatic heterocycles. The molecule has 0 aliphatic carbocycles. The van der Waals surface area contributed by atoms with E-state index in [0.717, 1.165) is 11.1 Å². The van der Waals surface area contributed by atoms with Gasteiger partial charge in [0.1, 0.15) is 6.42 Å². The van der Waals surface area contributed by atoms with E-state index >= 15 is 0 Å². The molecule has 0 fully saturated rings. The molecule has 0 saturated carbocycles. The van der Waals surface area contributed by atoms with E-state index in [-0.39, 0.29) is 18.2 Å². The van der Waals surface area contributed by atoms with Crippen LogP contribution in [0.5, 0.6) is 11.5 Å². The summed E-state index contributed by atoms with van der Waals surface area (Å²) in [5.41, 5.74) is 2.70. The summed E-state index contributed by atoms with van der Waals surface area (Å²) in [5, 5.41) is 3.22. The molecule has 6 nitrogen and oxygen atoms in total. The minimum atomic E-state index is -0.361. The third-order valence-corrected chi connectivity index (χ3v) is 4.73. The van der Waals surface area contributed by atoms with Gasteiger partial charge in [0.05, 0.1) is 14.2 Å². The van der Waals surface area contributed by atoms with Gasteiger partial charge in [-0.05, 0) is 47.9 Å². The van der Waals surface area contributed by atoms with E-state index < -0.39 is 0 Å². The highest BCUT2D eigenvalue weighted by Crippen LogP contribution is 2.33. The lowest BCUT2D eigenvalue weighted by atomic mass is 9.98. The second-order valence-electron chi connectivity index (χ2n) is 6.28. The van der Waals surface area contributed by atoms with Crippen LogP contribution in [0.2, 0.25) is 5.02 Å². The molecule has 0 radical (unpaired) electrons. The first kappa shape index (κ1) is 19.0. The smallest absolute Gasteiger partial charge is 0.233 e. The quantitative estimate of drug-likeness (QED) is 0.798. The molecule has 142 valence electrons. The minimum absolute atomic E-state index is 0.213. The molecule has 0 unspecified atom stereocenters. The van der Waals surface area contributed by atoms with Crippen LogP contribution in [0.4, 0.5) is 5.69 Å². The average molecular weight is 389 g/mol. The molecule has 2 amide bonds. The fraction of sp³-hybridized carbons (Fsp3) is 0.300. The van der Waals surface area contributed by atoms with Gasteiger partial charge in [-0.3, -0.25) is 9.59 Å². The number of carbonyl (C=O) groups excluding carboxylic acids is 2. The lowest BCUT2D eigenvalue weighted by Crippen LogP contribution is -2.37. The van der Waals surface area contributed by atoms with Gasteiger partial charge in [-0.15, -0.1) is 0 Å². The first-order valence-electron chi connectivity index (χ1n) is 8.57. The van der Waals surface area contributed by atoms with Gasteiger partial charge < -0.3 is 19.7 Å². The van der Waals surface area contributed by atoms with Crippen LogP contribution >= 0.6 is 11.6 Å². The van der Waals surface area contributed by atoms with Crippen molar-refractivity contribution in [1.29, 1.82) is 0 Å². The van der Waals surface area contributed by atoms with E-state index in [2.05, 4.69) is 5.32 Å². The Bertz CT molecular complexity index is 869. The number of hydrogen-bond donors (Lipinski definition) is 1. The third-order valence-electron chi connectivity index (χ3n) is 4.49. The summed E-state index contributed by atoms with van der Waals surface area (Å²) in [6.07, 6.45) is 0.493. The SMILES string of the molecule is COc1cc2c(cc1OC)CN(C(=O)CC(=O)Nc1cccc(Cl)c1)CC2. The molecule has 27 heavy (non-hydrogen) atoms. The van der Waals surface area contributed by atoms with Gasteiger partial charge in [0.15, 0.2) is 11.5 Å². The summed E-state index contributed by atoms with van der Waals surface area (Å²) < 4.78 is 10.7. The van der Waals surface area contributed by atoms with Crippen LogP contribution in [0.1, 0.15) is 17.5 Å². The molecule has 0 aromatic heterocycles. The average Bonchev–Trinajstić information content (AvgIpc) is 2.66. The summed E-state index contributed by atoms with van der Waals surface area (Å²) in [6.45, 7) is 1.00. The first-order chi connectivity index (χ1) is 13.0. The summed E-state index contributed by atoms with van der Waals surface area (Å²) >= 11 is 5.90. The Labute approximate surface area is 163 Å². The standard InChI is InChI=1S/C20H21ClN2O4/c1-26-17-8-13-6-7-23(12-14(13)9-18(17)27-2)20(25)11-19(24)22-16-5-3-4-15(21)10-16/h3-5,8-10H,6-7,11-12H2,1-2H3,(H,22,24). The van der Waals surface area contributed by atoms with Crippen LogP contribution < -0.4 is 14.8 Å². The molecular weight excluding hydrogens is 368 g/mol. The van der Waals surface area contributed by atoms with Crippen molar-refractivity contribution in [2.24, 2.45) is 0 Å². The van der Waals surface area contributed by atoms with E-state index in [9.17, 15) is 9.59 Å². The van der Waals surface area contributed by atoms with Crippen molar-refractivity contribution in [2.75, 3.05) is 26.1 Å². The fourth-order valence-electron chi connectivity index (χ4n) is 3.12. The molecule has 1 aliphatic rings. The van der Waals surface area contributed by atoms with E-state index in [1.165, 1.54) is 0 Å². The van der Waals surface area contributed by atoms with Gasteiger partial charge in [0, 0.05) is 23.8 Å². The summed E-state index contributed by atoms with van der Waals surface area (Å²) in [4.78, 5) is 26.4. The molecule has 3 rings (SSSR count). The maximum Gasteiger partial charge on any atom is 0.233 e. The highest BCUT2D eigenvalue weighted by atomic mass is 35.5. The second-order valence-corrected chi connectivity index (χ2v) is 6.71. The first-order valence-corrected chi connectivity index (χ1v) is 8.95. The fourth-order valence-corrected chi connectivity index (χ4v) is 3.31. The van der Waals surface area contributed by atoms with E-state index in [1.54, 1.807) is 43.4 Å². The van der Waals surface area contributed by atoms with Crippen LogP contribution in [0.25, 0.3) is 0 Å². The van der Waals surface area contributed by atoms with E-state index in [1.807, 2.05) is 12.1 Å². The molecule has 0 atom stereocenters. The second kappa shape index (κ2) is 8.31. The monoisotopic (exact) mass is 388 g/mol. The molecule has 0 spiro atoms. The van der Waals surface area contributed by atoms with Crippen LogP contribution in [0, 0.1) is 0 Å². The lowest BCUT2D eigenvalue weighted by molar-refractivity contribution is -0.135. The van der Waals surface area contributed by atoms with Crippen molar-refractivity contribution in [3.63, 3.8) is 0 Å². The Hall–Kier alpha value is -2.73. The van der Waals surface area contributed by atoms with Crippen molar-refractivity contribution in [1.82, 2.24) is 4.90 Å². The Balaban J connectivity index is 1.64. The van der Waals surface area contributed by atoms with Crippen molar-refractivity contribution in [3.05, 3.63) is 52.5 Å². The van der Waals surface area contributed by atoms with E-state index in [4.69, 9.17) is 21.1 Å². The Morgan fingerprint density at radius 1 is 1.11 bits per heavy atom. The van der Waals surface area contributed by atoms with Crippen LogP contribution in [0.3, 0.4) is 0 Å². The Kier molecular flexibility index (Phi) is 5.86. The maximum atomic E-state index is 12.5. The number of amides is 2. The highest BCUT2D eigenvalue weighted by molar-refractivity contribution is 6.30. The van der Waals surface area contributed by atoms with Gasteiger partial charge in [-0.1, -0.05) is 17.7 Å². The van der Waals surface area contributed by atoms with Gasteiger partial charge in [0.25, 0.3) is 0 Å². The van der Waals surface area contributed by atoms with Gasteiger partial charge in [-0.25, -0.2) is 0 Å². The number of carbonyl (C=O) groups is 2. The number of anilines is 1. The molecule has 1 N–H and O–H groups in total. The number of halogens is 1. The number of nitrogens with one attached hydrogen (secondary N) is 1. The predicted octanol–water partition coefficient (Wildman–Crippen LogP) is 3.27. The summed E-state index contributed by atoms with van der Waals surface area (Å²) in [5.74, 6) is 0.733. The molecule has 7 heteroatoms. The van der Waals surface area contributed by atoms with Crippen LogP contribution in [-0.4, -0.2) is 37.5 Å². The number of ether oxygens (including phenoxy) is 2. The number of benzene rings is 2. The Morgan fingerprint density at radius 3 is 2.48 bits per heavy atom. The van der Waals surface area contributed by atoms with Crippen LogP contribution in [-0.2, 0) is 22.6 Å². The van der Waals surface area contributed by atoms with Gasteiger partial charge in [0.2, 0.25) is 11.8 Å². The lowest BCUT2D eigenvalue weighted by Gasteiger charge is -2.29. The normalized spacial score (nSPS) is 12.9. The largest absolute Gasteiger partial charge is 0.493 e. The minimum Gasteiger partial charge on any atom is -0.493 e. The number of rotatable bonds is 5. The molecule has 0 saturated heterocycles. The van der Waals surface area contributed by atoms with Gasteiger partial charge >= 0.3 is 0 Å². The van der Waals surface area contributed by atoms with E-state index in [0.29, 0.717) is 41.7 Å². The number of nitrogens with zero attached hydrogens (tertiary/aromatic N) is 1. The Morgan fingerprint density at radius 2 is 1.81 bits per heavy atom. The number of hydrogen-bond acceptors (Lipinski definition) is 4. The van der Waals surface area contributed by atoms with Crippen molar-refractivity contribution >= 4 is 29.1 Å². The van der Waals surface area contributed by atoms with Crippen molar-refractivity contribution in [3.8, 4) is 11.5 Å². The number of methoxy groups -OCH3 is 2. The molecule has 1 heterocycles. The number of fused-ring (bicyclic) bond motifs is 1. The molecular formula is C20H21ClN2O4.